The van der Waals surface area contributed by atoms with E-state index in [1.54, 1.807) is 0 Å². The number of hydrogen-bond acceptors (Lipinski definition) is 6. The van der Waals surface area contributed by atoms with Crippen molar-refractivity contribution in [3.8, 4) is 0 Å². The van der Waals surface area contributed by atoms with Gasteiger partial charge in [-0.25, -0.2) is 0 Å². The van der Waals surface area contributed by atoms with Gasteiger partial charge in [0.1, 0.15) is 6.10 Å². The highest BCUT2D eigenvalue weighted by atomic mass is 16.5. The van der Waals surface area contributed by atoms with Crippen molar-refractivity contribution in [3.63, 3.8) is 0 Å². The number of ether oxygens (including phenoxy) is 1. The van der Waals surface area contributed by atoms with Crippen molar-refractivity contribution in [2.24, 2.45) is 23.2 Å². The molecular formula is C21H37NO5. The van der Waals surface area contributed by atoms with Crippen LogP contribution in [0.4, 0.5) is 0 Å². The van der Waals surface area contributed by atoms with Gasteiger partial charge in [0, 0.05) is 12.6 Å². The summed E-state index contributed by atoms with van der Waals surface area (Å²) in [6.45, 7) is 1.41. The van der Waals surface area contributed by atoms with Gasteiger partial charge in [-0.3, -0.25) is 0 Å². The number of aliphatic hydroxyl groups excluding tert-OH is 4. The van der Waals surface area contributed by atoms with E-state index in [-0.39, 0.29) is 12.6 Å². The van der Waals surface area contributed by atoms with Crippen LogP contribution in [-0.2, 0) is 4.74 Å². The molecule has 5 N–H and O–H groups in total. The summed E-state index contributed by atoms with van der Waals surface area (Å²) in [6, 6.07) is -0.885. The third-order valence-corrected chi connectivity index (χ3v) is 7.78. The molecule has 0 aromatic heterocycles. The maximum absolute atomic E-state index is 10.1. The molecule has 5 atom stereocenters. The van der Waals surface area contributed by atoms with Crippen molar-refractivity contribution >= 4 is 0 Å². The van der Waals surface area contributed by atoms with Crippen LogP contribution in [0.15, 0.2) is 0 Å². The number of hydrogen-bond donors (Lipinski definition) is 5. The lowest BCUT2D eigenvalue weighted by Crippen LogP contribution is -2.65. The molecule has 0 spiro atoms. The molecule has 156 valence electrons. The molecule has 5 aliphatic rings. The number of nitrogens with one attached hydrogen (secondary N) is 1. The second-order valence-electron chi connectivity index (χ2n) is 10.00. The summed E-state index contributed by atoms with van der Waals surface area (Å²) in [7, 11) is 0. The van der Waals surface area contributed by atoms with Crippen LogP contribution in [0, 0.1) is 23.2 Å². The largest absolute Gasteiger partial charge is 0.395 e. The first kappa shape index (κ1) is 20.0. The Labute approximate surface area is 162 Å². The summed E-state index contributed by atoms with van der Waals surface area (Å²) in [4.78, 5) is 0. The molecule has 4 aliphatic carbocycles. The van der Waals surface area contributed by atoms with Crippen molar-refractivity contribution in [2.75, 3.05) is 19.8 Å². The van der Waals surface area contributed by atoms with Gasteiger partial charge in [-0.05, 0) is 81.0 Å². The third kappa shape index (κ3) is 4.21. The van der Waals surface area contributed by atoms with Crippen LogP contribution < -0.4 is 5.32 Å². The molecule has 5 rings (SSSR count). The zero-order valence-corrected chi connectivity index (χ0v) is 16.3. The van der Waals surface area contributed by atoms with Gasteiger partial charge in [0.2, 0.25) is 0 Å². The van der Waals surface area contributed by atoms with Gasteiger partial charge in [0.05, 0.1) is 31.5 Å². The minimum absolute atomic E-state index is 0.254. The van der Waals surface area contributed by atoms with Gasteiger partial charge in [-0.1, -0.05) is 0 Å². The Morgan fingerprint density at radius 2 is 1.41 bits per heavy atom. The zero-order valence-electron chi connectivity index (χ0n) is 16.3. The first-order valence-electron chi connectivity index (χ1n) is 11.0. The average Bonchev–Trinajstić information content (AvgIpc) is 2.63. The number of piperidine rings is 1. The van der Waals surface area contributed by atoms with Gasteiger partial charge in [-0.2, -0.15) is 0 Å². The van der Waals surface area contributed by atoms with E-state index in [0.717, 1.165) is 43.8 Å². The van der Waals surface area contributed by atoms with Crippen molar-refractivity contribution < 1.29 is 25.2 Å². The van der Waals surface area contributed by atoms with E-state index in [1.165, 1.54) is 38.5 Å². The molecule has 27 heavy (non-hydrogen) atoms. The summed E-state index contributed by atoms with van der Waals surface area (Å²) in [5.41, 5.74) is 0.463. The highest BCUT2D eigenvalue weighted by molar-refractivity contribution is 5.01. The fraction of sp³-hybridized carbons (Fsp3) is 1.00. The fourth-order valence-corrected chi connectivity index (χ4v) is 6.89. The highest BCUT2D eigenvalue weighted by Crippen LogP contribution is 2.60. The molecule has 1 aliphatic heterocycles. The lowest BCUT2D eigenvalue weighted by molar-refractivity contribution is -0.120. The molecular weight excluding hydrogens is 346 g/mol. The Hall–Kier alpha value is -0.240. The minimum atomic E-state index is -1.21. The predicted molar refractivity (Wildman–Crippen MR) is 101 cm³/mol. The fourth-order valence-electron chi connectivity index (χ4n) is 6.89. The van der Waals surface area contributed by atoms with E-state index in [2.05, 4.69) is 5.32 Å². The van der Waals surface area contributed by atoms with Crippen LogP contribution in [0.3, 0.4) is 0 Å². The SMILES string of the molecule is OC[C@H]1N[C@@H](CCCCOCC23CC4CC(CC(C4)C2)C3)[C@H](O)[C@@H](O)[C@@H]1O. The summed E-state index contributed by atoms with van der Waals surface area (Å²) in [5.74, 6) is 2.87. The normalized spacial score (nSPS) is 48.9. The quantitative estimate of drug-likeness (QED) is 0.398. The first-order chi connectivity index (χ1) is 13.0. The monoisotopic (exact) mass is 383 g/mol. The molecule has 0 unspecified atom stereocenters. The maximum Gasteiger partial charge on any atom is 0.109 e. The van der Waals surface area contributed by atoms with Crippen molar-refractivity contribution in [3.05, 3.63) is 0 Å². The summed E-state index contributed by atoms with van der Waals surface area (Å²) in [5, 5.41) is 42.3. The lowest BCUT2D eigenvalue weighted by Gasteiger charge is -2.56. The standard InChI is InChI=1S/C21H37NO5/c23-11-17-19(25)20(26)18(24)16(22-17)3-1-2-4-27-12-21-8-13-5-14(9-21)7-15(6-13)10-21/h13-20,22-26H,1-12H2/t13?,14?,15?,16-,17+,18-,19+,20+,21?/m0/s1. The van der Waals surface area contributed by atoms with Crippen LogP contribution >= 0.6 is 0 Å². The number of rotatable bonds is 8. The molecule has 0 aromatic rings. The smallest absolute Gasteiger partial charge is 0.109 e. The van der Waals surface area contributed by atoms with E-state index in [1.807, 2.05) is 0 Å². The van der Waals surface area contributed by atoms with E-state index in [4.69, 9.17) is 4.74 Å². The van der Waals surface area contributed by atoms with Gasteiger partial charge in [-0.15, -0.1) is 0 Å². The molecule has 0 aromatic carbocycles. The van der Waals surface area contributed by atoms with Crippen molar-refractivity contribution in [1.29, 1.82) is 0 Å². The van der Waals surface area contributed by atoms with Gasteiger partial charge < -0.3 is 30.5 Å². The Bertz CT molecular complexity index is 464. The Morgan fingerprint density at radius 3 is 2.00 bits per heavy atom. The van der Waals surface area contributed by atoms with Crippen LogP contribution in [-0.4, -0.2) is 70.6 Å². The van der Waals surface area contributed by atoms with E-state index in [0.29, 0.717) is 11.8 Å². The van der Waals surface area contributed by atoms with Gasteiger partial charge >= 0.3 is 0 Å². The topological polar surface area (TPSA) is 102 Å². The molecule has 1 heterocycles. The van der Waals surface area contributed by atoms with E-state index >= 15 is 0 Å². The molecule has 4 saturated carbocycles. The second-order valence-corrected chi connectivity index (χ2v) is 10.00. The summed E-state index contributed by atoms with van der Waals surface area (Å²) in [6.07, 6.45) is 7.68. The van der Waals surface area contributed by atoms with Crippen LogP contribution in [0.2, 0.25) is 0 Å². The van der Waals surface area contributed by atoms with Gasteiger partial charge in [0.25, 0.3) is 0 Å². The molecule has 4 bridgehead atoms. The Kier molecular flexibility index (Phi) is 6.12. The molecule has 0 amide bonds. The minimum Gasteiger partial charge on any atom is -0.395 e. The molecule has 6 nitrogen and oxygen atoms in total. The molecule has 0 radical (unpaired) electrons. The van der Waals surface area contributed by atoms with Gasteiger partial charge in [0.15, 0.2) is 0 Å². The third-order valence-electron chi connectivity index (χ3n) is 7.78. The molecule has 6 heteroatoms. The maximum atomic E-state index is 10.1. The predicted octanol–water partition coefficient (Wildman–Crippen LogP) is 0.805. The van der Waals surface area contributed by atoms with Crippen molar-refractivity contribution in [1.82, 2.24) is 5.32 Å². The number of aliphatic hydroxyl groups is 4. The summed E-state index contributed by atoms with van der Waals surface area (Å²) >= 11 is 0. The molecule has 1 saturated heterocycles. The van der Waals surface area contributed by atoms with E-state index < -0.39 is 24.4 Å². The Morgan fingerprint density at radius 1 is 0.815 bits per heavy atom. The Balaban J connectivity index is 1.15. The highest BCUT2D eigenvalue weighted by Gasteiger charge is 2.50. The summed E-state index contributed by atoms with van der Waals surface area (Å²) < 4.78 is 6.10. The zero-order chi connectivity index (χ0) is 19.0. The van der Waals surface area contributed by atoms with Crippen LogP contribution in [0.25, 0.3) is 0 Å². The first-order valence-corrected chi connectivity index (χ1v) is 11.0. The second kappa shape index (κ2) is 8.25. The van der Waals surface area contributed by atoms with Crippen LogP contribution in [0.1, 0.15) is 57.8 Å². The number of unbranched alkanes of at least 4 members (excludes halogenated alkanes) is 1. The van der Waals surface area contributed by atoms with E-state index in [9.17, 15) is 20.4 Å². The lowest BCUT2D eigenvalue weighted by atomic mass is 9.50. The molecule has 5 fully saturated rings. The van der Waals surface area contributed by atoms with Crippen molar-refractivity contribution in [2.45, 2.75) is 88.2 Å². The van der Waals surface area contributed by atoms with Crippen LogP contribution in [0.5, 0.6) is 0 Å². The average molecular weight is 384 g/mol.